The number of benzene rings is 1. The molecular formula is C16H24O3. The molecule has 0 radical (unpaired) electrons. The van der Waals surface area contributed by atoms with Crippen LogP contribution in [0.1, 0.15) is 45.6 Å². The van der Waals surface area contributed by atoms with Crippen LogP contribution in [0.15, 0.2) is 18.2 Å². The Morgan fingerprint density at radius 1 is 1.16 bits per heavy atom. The first-order valence-corrected chi connectivity index (χ1v) is 7.05. The molecule has 0 bridgehead atoms. The Bertz CT molecular complexity index is 399. The van der Waals surface area contributed by atoms with Gasteiger partial charge in [-0.25, -0.2) is 0 Å². The summed E-state index contributed by atoms with van der Waals surface area (Å²) in [7, 11) is 0. The molecular weight excluding hydrogens is 240 g/mol. The first-order chi connectivity index (χ1) is 9.17. The maximum Gasteiger partial charge on any atom is 0.161 e. The second-order valence-electron chi connectivity index (χ2n) is 4.62. The second-order valence-corrected chi connectivity index (χ2v) is 4.62. The van der Waals surface area contributed by atoms with E-state index in [-0.39, 0.29) is 5.78 Å². The number of carbonyl (C=O) groups is 1. The van der Waals surface area contributed by atoms with E-state index in [9.17, 15) is 4.79 Å². The molecule has 0 N–H and O–H groups in total. The predicted molar refractivity (Wildman–Crippen MR) is 77.0 cm³/mol. The monoisotopic (exact) mass is 264 g/mol. The van der Waals surface area contributed by atoms with Gasteiger partial charge in [0.15, 0.2) is 11.5 Å². The third-order valence-electron chi connectivity index (χ3n) is 2.83. The molecule has 0 unspecified atom stereocenters. The van der Waals surface area contributed by atoms with Crippen molar-refractivity contribution < 1.29 is 14.3 Å². The lowest BCUT2D eigenvalue weighted by Gasteiger charge is -2.13. The van der Waals surface area contributed by atoms with E-state index >= 15 is 0 Å². The van der Waals surface area contributed by atoms with Gasteiger partial charge in [0.1, 0.15) is 5.78 Å². The molecule has 0 aliphatic carbocycles. The molecule has 0 heterocycles. The van der Waals surface area contributed by atoms with E-state index in [0.29, 0.717) is 19.6 Å². The molecule has 3 heteroatoms. The number of ether oxygens (including phenoxy) is 2. The highest BCUT2D eigenvalue weighted by atomic mass is 16.5. The average Bonchev–Trinajstić information content (AvgIpc) is 2.39. The molecule has 0 saturated carbocycles. The van der Waals surface area contributed by atoms with Crippen molar-refractivity contribution in [2.75, 3.05) is 13.2 Å². The summed E-state index contributed by atoms with van der Waals surface area (Å²) in [6, 6.07) is 5.93. The van der Waals surface area contributed by atoms with Gasteiger partial charge in [-0.15, -0.1) is 0 Å². The maximum absolute atomic E-state index is 11.0. The van der Waals surface area contributed by atoms with Crippen molar-refractivity contribution in [2.24, 2.45) is 0 Å². The minimum absolute atomic E-state index is 0.209. The summed E-state index contributed by atoms with van der Waals surface area (Å²) in [6.45, 7) is 7.03. The number of carbonyl (C=O) groups excluding carboxylic acids is 1. The van der Waals surface area contributed by atoms with E-state index in [0.717, 1.165) is 36.3 Å². The first kappa shape index (κ1) is 15.5. The number of unbranched alkanes of at least 4 members (excludes halogenated alkanes) is 1. The summed E-state index contributed by atoms with van der Waals surface area (Å²) in [5.74, 6) is 1.78. The van der Waals surface area contributed by atoms with Crippen LogP contribution in [-0.4, -0.2) is 19.0 Å². The average molecular weight is 264 g/mol. The molecule has 1 aromatic carbocycles. The largest absolute Gasteiger partial charge is 0.490 e. The zero-order valence-electron chi connectivity index (χ0n) is 12.2. The lowest BCUT2D eigenvalue weighted by atomic mass is 10.1. The van der Waals surface area contributed by atoms with Gasteiger partial charge in [-0.05, 0) is 44.4 Å². The van der Waals surface area contributed by atoms with Crippen LogP contribution in [-0.2, 0) is 11.2 Å². The smallest absolute Gasteiger partial charge is 0.161 e. The summed E-state index contributed by atoms with van der Waals surface area (Å²) in [5.41, 5.74) is 1.11. The number of hydrogen-bond acceptors (Lipinski definition) is 3. The van der Waals surface area contributed by atoms with E-state index in [1.165, 1.54) is 0 Å². The highest BCUT2D eigenvalue weighted by Crippen LogP contribution is 2.29. The van der Waals surface area contributed by atoms with Crippen LogP contribution in [0.25, 0.3) is 0 Å². The molecule has 0 saturated heterocycles. The van der Waals surface area contributed by atoms with Gasteiger partial charge < -0.3 is 14.3 Å². The summed E-state index contributed by atoms with van der Waals surface area (Å²) >= 11 is 0. The van der Waals surface area contributed by atoms with Gasteiger partial charge in [-0.3, -0.25) is 0 Å². The lowest BCUT2D eigenvalue weighted by Crippen LogP contribution is -2.02. The van der Waals surface area contributed by atoms with Crippen LogP contribution in [0.2, 0.25) is 0 Å². The molecule has 0 aliphatic heterocycles. The van der Waals surface area contributed by atoms with E-state index in [2.05, 4.69) is 6.92 Å². The number of hydrogen-bond donors (Lipinski definition) is 0. The van der Waals surface area contributed by atoms with Crippen molar-refractivity contribution in [3.8, 4) is 11.5 Å². The molecule has 106 valence electrons. The van der Waals surface area contributed by atoms with Gasteiger partial charge in [0.2, 0.25) is 0 Å². The fourth-order valence-corrected chi connectivity index (χ4v) is 1.74. The SMILES string of the molecule is CCCCOc1ccc(CCC(C)=O)cc1OCC. The van der Waals surface area contributed by atoms with Crippen LogP contribution in [0, 0.1) is 0 Å². The van der Waals surface area contributed by atoms with Gasteiger partial charge in [-0.1, -0.05) is 19.4 Å². The summed E-state index contributed by atoms with van der Waals surface area (Å²) in [6.07, 6.45) is 3.48. The second kappa shape index (κ2) is 8.57. The van der Waals surface area contributed by atoms with Crippen molar-refractivity contribution >= 4 is 5.78 Å². The number of aryl methyl sites for hydroxylation is 1. The summed E-state index contributed by atoms with van der Waals surface area (Å²) in [4.78, 5) is 11.0. The number of rotatable bonds is 9. The Hall–Kier alpha value is -1.51. The third-order valence-corrected chi connectivity index (χ3v) is 2.83. The van der Waals surface area contributed by atoms with Gasteiger partial charge in [-0.2, -0.15) is 0 Å². The molecule has 0 atom stereocenters. The zero-order valence-corrected chi connectivity index (χ0v) is 12.2. The highest BCUT2D eigenvalue weighted by Gasteiger charge is 2.07. The Morgan fingerprint density at radius 2 is 1.95 bits per heavy atom. The molecule has 0 fully saturated rings. The van der Waals surface area contributed by atoms with Crippen molar-refractivity contribution in [3.63, 3.8) is 0 Å². The lowest BCUT2D eigenvalue weighted by molar-refractivity contribution is -0.116. The topological polar surface area (TPSA) is 35.5 Å². The molecule has 0 spiro atoms. The summed E-state index contributed by atoms with van der Waals surface area (Å²) in [5, 5.41) is 0. The van der Waals surface area contributed by atoms with Crippen molar-refractivity contribution in [2.45, 2.75) is 46.5 Å². The van der Waals surface area contributed by atoms with Gasteiger partial charge in [0, 0.05) is 6.42 Å². The fourth-order valence-electron chi connectivity index (χ4n) is 1.74. The maximum atomic E-state index is 11.0. The number of Topliss-reactive ketones (excluding diaryl/α,β-unsaturated/α-hetero) is 1. The predicted octanol–water partition coefficient (Wildman–Crippen LogP) is 3.79. The van der Waals surface area contributed by atoms with Crippen LogP contribution in [0.4, 0.5) is 0 Å². The van der Waals surface area contributed by atoms with Gasteiger partial charge in [0.05, 0.1) is 13.2 Å². The Labute approximate surface area is 115 Å². The van der Waals surface area contributed by atoms with Crippen molar-refractivity contribution in [1.82, 2.24) is 0 Å². The van der Waals surface area contributed by atoms with E-state index in [1.54, 1.807) is 6.92 Å². The molecule has 1 rings (SSSR count). The minimum Gasteiger partial charge on any atom is -0.490 e. The molecule has 0 aliphatic rings. The Morgan fingerprint density at radius 3 is 2.58 bits per heavy atom. The van der Waals surface area contributed by atoms with Crippen LogP contribution >= 0.6 is 0 Å². The Balaban J connectivity index is 2.72. The third kappa shape index (κ3) is 5.77. The fraction of sp³-hybridized carbons (Fsp3) is 0.562. The molecule has 1 aromatic rings. The molecule has 19 heavy (non-hydrogen) atoms. The van der Waals surface area contributed by atoms with Crippen LogP contribution in [0.5, 0.6) is 11.5 Å². The van der Waals surface area contributed by atoms with Crippen LogP contribution < -0.4 is 9.47 Å². The molecule has 0 amide bonds. The first-order valence-electron chi connectivity index (χ1n) is 7.05. The molecule has 0 aromatic heterocycles. The van der Waals surface area contributed by atoms with Crippen LogP contribution in [0.3, 0.4) is 0 Å². The van der Waals surface area contributed by atoms with Gasteiger partial charge in [0.25, 0.3) is 0 Å². The quantitative estimate of drug-likeness (QED) is 0.637. The zero-order chi connectivity index (χ0) is 14.1. The van der Waals surface area contributed by atoms with E-state index < -0.39 is 0 Å². The molecule has 3 nitrogen and oxygen atoms in total. The summed E-state index contributed by atoms with van der Waals surface area (Å²) < 4.78 is 11.3. The normalized spacial score (nSPS) is 10.3. The Kier molecular flexibility index (Phi) is 7.01. The van der Waals surface area contributed by atoms with Crippen molar-refractivity contribution in [3.05, 3.63) is 23.8 Å². The minimum atomic E-state index is 0.209. The number of ketones is 1. The van der Waals surface area contributed by atoms with E-state index in [4.69, 9.17) is 9.47 Å². The van der Waals surface area contributed by atoms with E-state index in [1.807, 2.05) is 25.1 Å². The van der Waals surface area contributed by atoms with Crippen molar-refractivity contribution in [1.29, 1.82) is 0 Å². The van der Waals surface area contributed by atoms with Gasteiger partial charge >= 0.3 is 0 Å². The highest BCUT2D eigenvalue weighted by molar-refractivity contribution is 5.75. The standard InChI is InChI=1S/C16H24O3/c1-4-6-11-19-15-10-9-14(8-7-13(3)17)12-16(15)18-5-2/h9-10,12H,4-8,11H2,1-3H3.